The molecule has 2 saturated heterocycles. The third-order valence-electron chi connectivity index (χ3n) is 7.43. The third-order valence-corrected chi connectivity index (χ3v) is 7.76. The quantitative estimate of drug-likeness (QED) is 0.674. The van der Waals surface area contributed by atoms with Crippen LogP contribution in [0.25, 0.3) is 0 Å². The Bertz CT molecular complexity index is 1070. The van der Waals surface area contributed by atoms with Gasteiger partial charge in [-0.25, -0.2) is 0 Å². The van der Waals surface area contributed by atoms with Crippen LogP contribution in [0.15, 0.2) is 48.5 Å². The summed E-state index contributed by atoms with van der Waals surface area (Å²) in [6, 6.07) is 13.6. The Kier molecular flexibility index (Phi) is 5.08. The standard InChI is InChI=1S/C25H26ClNO5/c1-13(2)18-11-17-22(24(30)27(23(17)29)14-6-4-3-5-7-14)19-12-21(32-25(18,19)31)16-9-8-15(28)10-20(16)26/h3-10,13,17-19,21-22,28,31H,11-12H2,1-2H3/t17-,18+,19-,21-,22-,25+/m0/s1. The number of aliphatic hydroxyl groups is 1. The molecule has 0 aromatic heterocycles. The minimum Gasteiger partial charge on any atom is -0.508 e. The zero-order valence-electron chi connectivity index (χ0n) is 17.9. The zero-order chi connectivity index (χ0) is 22.8. The van der Waals surface area contributed by atoms with Crippen molar-refractivity contribution in [3.05, 3.63) is 59.1 Å². The van der Waals surface area contributed by atoms with E-state index in [4.69, 9.17) is 16.3 Å². The van der Waals surface area contributed by atoms with Crippen molar-refractivity contribution in [2.24, 2.45) is 29.6 Å². The average Bonchev–Trinajstić information content (AvgIpc) is 3.21. The smallest absolute Gasteiger partial charge is 0.238 e. The number of fused-ring (bicyclic) bond motifs is 3. The van der Waals surface area contributed by atoms with Gasteiger partial charge in [0, 0.05) is 11.8 Å². The van der Waals surface area contributed by atoms with Gasteiger partial charge in [0.15, 0.2) is 5.79 Å². The van der Waals surface area contributed by atoms with Crippen LogP contribution in [0.5, 0.6) is 5.75 Å². The summed E-state index contributed by atoms with van der Waals surface area (Å²) in [7, 11) is 0. The van der Waals surface area contributed by atoms with Gasteiger partial charge in [0.1, 0.15) is 5.75 Å². The number of rotatable bonds is 3. The lowest BCUT2D eigenvalue weighted by molar-refractivity contribution is -0.276. The molecule has 2 aromatic carbocycles. The van der Waals surface area contributed by atoms with Crippen molar-refractivity contribution in [3.8, 4) is 5.75 Å². The second-order valence-corrected chi connectivity index (χ2v) is 9.88. The Labute approximate surface area is 191 Å². The van der Waals surface area contributed by atoms with Crippen LogP contribution in [-0.2, 0) is 14.3 Å². The fourth-order valence-corrected chi connectivity index (χ4v) is 6.27. The number of amides is 2. The lowest BCUT2D eigenvalue weighted by Crippen LogP contribution is -2.55. The number of benzene rings is 2. The van der Waals surface area contributed by atoms with Gasteiger partial charge in [0.25, 0.3) is 0 Å². The van der Waals surface area contributed by atoms with Gasteiger partial charge < -0.3 is 14.9 Å². The third kappa shape index (κ3) is 3.08. The lowest BCUT2D eigenvalue weighted by atomic mass is 9.62. The first kappa shape index (κ1) is 21.4. The number of phenolic OH excluding ortho intramolecular Hbond substituents is 1. The van der Waals surface area contributed by atoms with Crippen molar-refractivity contribution in [2.75, 3.05) is 4.90 Å². The predicted octanol–water partition coefficient (Wildman–Crippen LogP) is 4.29. The highest BCUT2D eigenvalue weighted by molar-refractivity contribution is 6.31. The molecule has 7 heteroatoms. The molecule has 6 nitrogen and oxygen atoms in total. The number of ether oxygens (including phenoxy) is 1. The summed E-state index contributed by atoms with van der Waals surface area (Å²) >= 11 is 6.37. The minimum absolute atomic E-state index is 0.0445. The molecule has 5 rings (SSSR count). The normalized spacial score (nSPS) is 34.2. The summed E-state index contributed by atoms with van der Waals surface area (Å²) < 4.78 is 6.27. The van der Waals surface area contributed by atoms with Crippen molar-refractivity contribution in [2.45, 2.75) is 38.6 Å². The lowest BCUT2D eigenvalue weighted by Gasteiger charge is -2.46. The molecule has 0 radical (unpaired) electrons. The Morgan fingerprint density at radius 2 is 1.81 bits per heavy atom. The highest BCUT2D eigenvalue weighted by Gasteiger charge is 2.67. The summed E-state index contributed by atoms with van der Waals surface area (Å²) in [4.78, 5) is 28.2. The van der Waals surface area contributed by atoms with Crippen molar-refractivity contribution in [1.29, 1.82) is 0 Å². The second kappa shape index (κ2) is 7.58. The number of imide groups is 1. The number of halogens is 1. The van der Waals surface area contributed by atoms with Gasteiger partial charge in [0.05, 0.1) is 28.6 Å². The van der Waals surface area contributed by atoms with E-state index in [0.29, 0.717) is 29.1 Å². The summed E-state index contributed by atoms with van der Waals surface area (Å²) in [6.45, 7) is 4.00. The maximum atomic E-state index is 13.5. The predicted molar refractivity (Wildman–Crippen MR) is 119 cm³/mol. The molecule has 2 aromatic rings. The maximum absolute atomic E-state index is 13.5. The molecule has 2 heterocycles. The topological polar surface area (TPSA) is 87.1 Å². The molecule has 0 spiro atoms. The van der Waals surface area contributed by atoms with E-state index in [0.717, 1.165) is 0 Å². The first-order valence-corrected chi connectivity index (χ1v) is 11.4. The number of para-hydroxylation sites is 1. The number of phenols is 1. The highest BCUT2D eigenvalue weighted by atomic mass is 35.5. The van der Waals surface area contributed by atoms with Gasteiger partial charge >= 0.3 is 0 Å². The Balaban J connectivity index is 1.55. The molecule has 2 aliphatic heterocycles. The molecule has 3 aliphatic rings. The van der Waals surface area contributed by atoms with E-state index < -0.39 is 29.6 Å². The van der Waals surface area contributed by atoms with Crippen LogP contribution in [-0.4, -0.2) is 27.8 Å². The van der Waals surface area contributed by atoms with Crippen LogP contribution < -0.4 is 4.90 Å². The number of anilines is 1. The fraction of sp³-hybridized carbons (Fsp3) is 0.440. The number of nitrogens with zero attached hydrogens (tertiary/aromatic N) is 1. The molecule has 1 saturated carbocycles. The Morgan fingerprint density at radius 3 is 2.47 bits per heavy atom. The molecule has 32 heavy (non-hydrogen) atoms. The van der Waals surface area contributed by atoms with Crippen molar-refractivity contribution in [1.82, 2.24) is 0 Å². The molecule has 6 atom stereocenters. The summed E-state index contributed by atoms with van der Waals surface area (Å²) in [5.74, 6) is -3.90. The van der Waals surface area contributed by atoms with Crippen molar-refractivity contribution >= 4 is 29.1 Å². The summed E-state index contributed by atoms with van der Waals surface area (Å²) in [5, 5.41) is 21.9. The zero-order valence-corrected chi connectivity index (χ0v) is 18.7. The molecule has 168 valence electrons. The van der Waals surface area contributed by atoms with Crippen LogP contribution in [0.2, 0.25) is 5.02 Å². The first-order chi connectivity index (χ1) is 15.2. The van der Waals surface area contributed by atoms with Crippen LogP contribution in [0, 0.1) is 29.6 Å². The van der Waals surface area contributed by atoms with Gasteiger partial charge in [-0.1, -0.05) is 49.7 Å². The van der Waals surface area contributed by atoms with Crippen molar-refractivity contribution in [3.63, 3.8) is 0 Å². The monoisotopic (exact) mass is 455 g/mol. The van der Waals surface area contributed by atoms with E-state index in [2.05, 4.69) is 0 Å². The number of aromatic hydroxyl groups is 1. The van der Waals surface area contributed by atoms with E-state index in [-0.39, 0.29) is 29.4 Å². The van der Waals surface area contributed by atoms with Crippen molar-refractivity contribution < 1.29 is 24.5 Å². The van der Waals surface area contributed by atoms with Crippen LogP contribution >= 0.6 is 11.6 Å². The Hall–Kier alpha value is -2.41. The van der Waals surface area contributed by atoms with E-state index >= 15 is 0 Å². The first-order valence-electron chi connectivity index (χ1n) is 11.0. The molecular formula is C25H26ClNO5. The molecule has 0 bridgehead atoms. The van der Waals surface area contributed by atoms with E-state index in [1.807, 2.05) is 19.9 Å². The number of carbonyl (C=O) groups excluding carboxylic acids is 2. The second-order valence-electron chi connectivity index (χ2n) is 9.47. The largest absolute Gasteiger partial charge is 0.508 e. The van der Waals surface area contributed by atoms with Crippen LogP contribution in [0.3, 0.4) is 0 Å². The Morgan fingerprint density at radius 1 is 1.09 bits per heavy atom. The van der Waals surface area contributed by atoms with Gasteiger partial charge in [-0.05, 0) is 48.6 Å². The van der Waals surface area contributed by atoms with E-state index in [1.54, 1.807) is 30.3 Å². The van der Waals surface area contributed by atoms with E-state index in [9.17, 15) is 19.8 Å². The minimum atomic E-state index is -1.54. The van der Waals surface area contributed by atoms with Gasteiger partial charge in [-0.3, -0.25) is 14.5 Å². The number of hydrogen-bond donors (Lipinski definition) is 2. The van der Waals surface area contributed by atoms with Gasteiger partial charge in [-0.15, -0.1) is 0 Å². The molecule has 0 unspecified atom stereocenters. The number of carbonyl (C=O) groups is 2. The SMILES string of the molecule is CC(C)[C@H]1C[C@@H]2C(=O)N(c3ccccc3)C(=O)[C@@H]2[C@@H]2C[C@@H](c3ccc(O)cc3Cl)O[C@]12O. The molecule has 2 N–H and O–H groups in total. The highest BCUT2D eigenvalue weighted by Crippen LogP contribution is 2.60. The summed E-state index contributed by atoms with van der Waals surface area (Å²) in [6.07, 6.45) is 0.221. The fourth-order valence-electron chi connectivity index (χ4n) is 5.97. The molecule has 2 amide bonds. The average molecular weight is 456 g/mol. The summed E-state index contributed by atoms with van der Waals surface area (Å²) in [5.41, 5.74) is 1.21. The van der Waals surface area contributed by atoms with Crippen LogP contribution in [0.4, 0.5) is 5.69 Å². The van der Waals surface area contributed by atoms with Crippen LogP contribution in [0.1, 0.15) is 38.4 Å². The number of hydrogen-bond acceptors (Lipinski definition) is 5. The molecule has 1 aliphatic carbocycles. The molecular weight excluding hydrogens is 430 g/mol. The van der Waals surface area contributed by atoms with Gasteiger partial charge in [0.2, 0.25) is 11.8 Å². The maximum Gasteiger partial charge on any atom is 0.238 e. The van der Waals surface area contributed by atoms with E-state index in [1.165, 1.54) is 17.0 Å². The van der Waals surface area contributed by atoms with Gasteiger partial charge in [-0.2, -0.15) is 0 Å². The molecule has 3 fully saturated rings.